The fraction of sp³-hybridized carbons (Fsp3) is 0.731. The van der Waals surface area contributed by atoms with Crippen LogP contribution in [-0.4, -0.2) is 119 Å². The summed E-state index contributed by atoms with van der Waals surface area (Å²) in [6, 6.07) is -7.10. The molecule has 0 aromatic rings. The van der Waals surface area contributed by atoms with E-state index in [0.717, 1.165) is 13.3 Å². The number of carboxylic acids is 1. The average Bonchev–Trinajstić information content (AvgIpc) is 3.49. The number of aliphatic hydroxyl groups is 2. The van der Waals surface area contributed by atoms with Gasteiger partial charge >= 0.3 is 5.97 Å². The highest BCUT2D eigenvalue weighted by molar-refractivity contribution is 5.96. The summed E-state index contributed by atoms with van der Waals surface area (Å²) in [4.78, 5) is 79.4. The third-order valence-electron chi connectivity index (χ3n) is 6.82. The van der Waals surface area contributed by atoms with Gasteiger partial charge in [0.2, 0.25) is 29.5 Å². The van der Waals surface area contributed by atoms with Crippen molar-refractivity contribution in [2.24, 2.45) is 22.4 Å². The molecular weight excluding hydrogens is 582 g/mol. The predicted octanol–water partition coefficient (Wildman–Crippen LogP) is -4.65. The zero-order chi connectivity index (χ0) is 33.6. The highest BCUT2D eigenvalue weighted by Gasteiger charge is 2.33. The summed E-state index contributed by atoms with van der Waals surface area (Å²) in [5.41, 5.74) is 10.7. The molecular formula is C26H47N9O9. The number of nitrogens with zero attached hydrogens (tertiary/aromatic N) is 1. The van der Waals surface area contributed by atoms with Gasteiger partial charge in [0, 0.05) is 6.54 Å². The zero-order valence-electron chi connectivity index (χ0n) is 25.5. The first kappa shape index (κ1) is 38.0. The van der Waals surface area contributed by atoms with Gasteiger partial charge in [0.1, 0.15) is 24.2 Å². The van der Waals surface area contributed by atoms with Crippen LogP contribution in [0.25, 0.3) is 0 Å². The van der Waals surface area contributed by atoms with E-state index in [-0.39, 0.29) is 24.8 Å². The Morgan fingerprint density at radius 1 is 0.864 bits per heavy atom. The molecule has 1 rings (SSSR count). The van der Waals surface area contributed by atoms with E-state index < -0.39 is 84.5 Å². The number of aliphatic carboxylic acids is 1. The average molecular weight is 630 g/mol. The molecule has 0 unspecified atom stereocenters. The van der Waals surface area contributed by atoms with Crippen molar-refractivity contribution in [1.29, 1.82) is 0 Å². The molecule has 0 aromatic carbocycles. The fourth-order valence-corrected chi connectivity index (χ4v) is 4.24. The highest BCUT2D eigenvalue weighted by atomic mass is 16.4. The summed E-state index contributed by atoms with van der Waals surface area (Å²) in [5.74, 6) is -5.83. The third kappa shape index (κ3) is 12.7. The molecule has 0 aliphatic carbocycles. The van der Waals surface area contributed by atoms with Crippen molar-refractivity contribution in [3.8, 4) is 0 Å². The van der Waals surface area contributed by atoms with Crippen molar-refractivity contribution < 1.29 is 44.1 Å². The zero-order valence-corrected chi connectivity index (χ0v) is 25.5. The molecule has 250 valence electrons. The number of amides is 5. The molecule has 1 aliphatic heterocycles. The van der Waals surface area contributed by atoms with Crippen LogP contribution in [0.3, 0.4) is 0 Å². The van der Waals surface area contributed by atoms with Gasteiger partial charge in [-0.2, -0.15) is 0 Å². The molecule has 0 saturated carbocycles. The second-order valence-corrected chi connectivity index (χ2v) is 10.9. The standard InChI is InChI=1S/C26H47N9O9/c1-12(2)18(24(42)33-17(11-36)23(41)35-19(14(4)37)25(43)44)34-20(38)13(3)31-22(40)16(8-6-10-30-26(27)28)32-21(39)15-7-5-9-29-15/h12-19,29,36-37H,5-11H2,1-4H3,(H,31,40)(H,32,39)(H,33,42)(H,34,38)(H,35,41)(H,43,44)(H4,27,28,30)/t13-,14+,15-,16-,17-,18-,19-/m0/s1. The minimum Gasteiger partial charge on any atom is -0.480 e. The van der Waals surface area contributed by atoms with Crippen LogP contribution in [0.5, 0.6) is 0 Å². The SMILES string of the molecule is CC(C)[C@H](NC(=O)[C@H](C)NC(=O)[C@H](CCCN=C(N)N)NC(=O)[C@@H]1CCCN1)C(=O)N[C@@H](CO)C(=O)N[C@H](C(=O)O)[C@@H](C)O. The molecule has 0 bridgehead atoms. The van der Waals surface area contributed by atoms with Crippen molar-refractivity contribution >= 4 is 41.5 Å². The lowest BCUT2D eigenvalue weighted by Crippen LogP contribution is -2.61. The van der Waals surface area contributed by atoms with E-state index in [2.05, 4.69) is 31.6 Å². The summed E-state index contributed by atoms with van der Waals surface area (Å²) in [6.07, 6.45) is 0.501. The van der Waals surface area contributed by atoms with Crippen LogP contribution in [-0.2, 0) is 28.8 Å². The molecule has 18 nitrogen and oxygen atoms in total. The quantitative estimate of drug-likeness (QED) is 0.0387. The minimum absolute atomic E-state index is 0.116. The van der Waals surface area contributed by atoms with E-state index in [1.807, 2.05) is 5.32 Å². The molecule has 13 N–H and O–H groups in total. The Bertz CT molecular complexity index is 1040. The van der Waals surface area contributed by atoms with Gasteiger partial charge in [0.25, 0.3) is 0 Å². The third-order valence-corrected chi connectivity index (χ3v) is 6.82. The number of aliphatic hydroxyl groups excluding tert-OH is 2. The van der Waals surface area contributed by atoms with Gasteiger partial charge in [-0.1, -0.05) is 13.8 Å². The maximum atomic E-state index is 13.1. The van der Waals surface area contributed by atoms with E-state index in [1.54, 1.807) is 13.8 Å². The van der Waals surface area contributed by atoms with E-state index in [4.69, 9.17) is 16.6 Å². The lowest BCUT2D eigenvalue weighted by atomic mass is 10.0. The first-order valence-electron chi connectivity index (χ1n) is 14.4. The van der Waals surface area contributed by atoms with Crippen molar-refractivity contribution in [3.63, 3.8) is 0 Å². The van der Waals surface area contributed by atoms with Crippen LogP contribution < -0.4 is 43.4 Å². The van der Waals surface area contributed by atoms with Crippen molar-refractivity contribution in [2.45, 2.75) is 95.7 Å². The van der Waals surface area contributed by atoms with Gasteiger partial charge in [-0.25, -0.2) is 4.79 Å². The molecule has 1 heterocycles. The van der Waals surface area contributed by atoms with Crippen LogP contribution in [0.15, 0.2) is 4.99 Å². The second kappa shape index (κ2) is 18.6. The molecule has 18 heteroatoms. The van der Waals surface area contributed by atoms with Crippen molar-refractivity contribution in [3.05, 3.63) is 0 Å². The normalized spacial score (nSPS) is 18.5. The molecule has 0 aromatic heterocycles. The number of carboxylic acid groups (broad SMARTS) is 1. The van der Waals surface area contributed by atoms with E-state index in [0.29, 0.717) is 19.4 Å². The molecule has 1 saturated heterocycles. The van der Waals surface area contributed by atoms with Gasteiger partial charge in [-0.15, -0.1) is 0 Å². The van der Waals surface area contributed by atoms with Crippen molar-refractivity contribution in [2.75, 3.05) is 19.7 Å². The Morgan fingerprint density at radius 2 is 1.48 bits per heavy atom. The molecule has 1 aliphatic rings. The maximum Gasteiger partial charge on any atom is 0.328 e. The fourth-order valence-electron chi connectivity index (χ4n) is 4.24. The number of aliphatic imine (C=N–C) groups is 1. The minimum atomic E-state index is -1.69. The van der Waals surface area contributed by atoms with E-state index in [9.17, 15) is 39.0 Å². The van der Waals surface area contributed by atoms with Crippen LogP contribution in [0.2, 0.25) is 0 Å². The van der Waals surface area contributed by atoms with Gasteiger partial charge in [-0.05, 0) is 52.0 Å². The first-order chi connectivity index (χ1) is 20.6. The van der Waals surface area contributed by atoms with Crippen LogP contribution >= 0.6 is 0 Å². The molecule has 44 heavy (non-hydrogen) atoms. The number of rotatable bonds is 18. The summed E-state index contributed by atoms with van der Waals surface area (Å²) in [7, 11) is 0. The van der Waals surface area contributed by atoms with Gasteiger partial charge in [0.15, 0.2) is 12.0 Å². The summed E-state index contributed by atoms with van der Waals surface area (Å²) in [5, 5.41) is 43.5. The van der Waals surface area contributed by atoms with Gasteiger partial charge in [-0.3, -0.25) is 29.0 Å². The Hall–Kier alpha value is -4.03. The number of carbonyl (C=O) groups excluding carboxylic acids is 5. The molecule has 7 atom stereocenters. The summed E-state index contributed by atoms with van der Waals surface area (Å²) < 4.78 is 0. The van der Waals surface area contributed by atoms with Gasteiger partial charge < -0.3 is 58.7 Å². The number of guanidine groups is 1. The predicted molar refractivity (Wildman–Crippen MR) is 158 cm³/mol. The first-order valence-corrected chi connectivity index (χ1v) is 14.4. The smallest absolute Gasteiger partial charge is 0.328 e. The van der Waals surface area contributed by atoms with Crippen molar-refractivity contribution in [1.82, 2.24) is 31.9 Å². The molecule has 0 radical (unpaired) electrons. The highest BCUT2D eigenvalue weighted by Crippen LogP contribution is 2.08. The lowest BCUT2D eigenvalue weighted by molar-refractivity contribution is -0.145. The van der Waals surface area contributed by atoms with Crippen LogP contribution in [0.1, 0.15) is 53.4 Å². The summed E-state index contributed by atoms with van der Waals surface area (Å²) in [6.45, 7) is 5.73. The van der Waals surface area contributed by atoms with Crippen LogP contribution in [0, 0.1) is 5.92 Å². The Kier molecular flexibility index (Phi) is 16.1. The Morgan fingerprint density at radius 3 is 1.98 bits per heavy atom. The summed E-state index contributed by atoms with van der Waals surface area (Å²) >= 11 is 0. The second-order valence-electron chi connectivity index (χ2n) is 10.9. The van der Waals surface area contributed by atoms with Gasteiger partial charge in [0.05, 0.1) is 18.8 Å². The number of hydrogen-bond acceptors (Lipinski definition) is 10. The topological polar surface area (TPSA) is 300 Å². The monoisotopic (exact) mass is 629 g/mol. The molecule has 1 fully saturated rings. The number of carbonyl (C=O) groups is 6. The molecule has 0 spiro atoms. The van der Waals surface area contributed by atoms with E-state index >= 15 is 0 Å². The molecule has 5 amide bonds. The number of nitrogens with two attached hydrogens (primary N) is 2. The largest absolute Gasteiger partial charge is 0.480 e. The maximum absolute atomic E-state index is 13.1. The van der Waals surface area contributed by atoms with E-state index in [1.165, 1.54) is 6.92 Å². The number of hydrogen-bond donors (Lipinski definition) is 11. The Labute approximate surface area is 255 Å². The Balaban J connectivity index is 2.89. The number of nitrogens with one attached hydrogen (secondary N) is 6. The van der Waals surface area contributed by atoms with Crippen LogP contribution in [0.4, 0.5) is 0 Å². The lowest BCUT2D eigenvalue weighted by Gasteiger charge is -2.27.